The largest absolute Gasteiger partial charge is 0.369 e. The summed E-state index contributed by atoms with van der Waals surface area (Å²) in [6.07, 6.45) is -0.402. The van der Waals surface area contributed by atoms with Crippen molar-refractivity contribution in [3.8, 4) is 0 Å². The summed E-state index contributed by atoms with van der Waals surface area (Å²) in [4.78, 5) is 14.9. The number of halogens is 1. The van der Waals surface area contributed by atoms with Gasteiger partial charge in [-0.05, 0) is 36.7 Å². The van der Waals surface area contributed by atoms with Crippen molar-refractivity contribution in [3.63, 3.8) is 0 Å². The molecule has 1 aliphatic heterocycles. The van der Waals surface area contributed by atoms with Crippen molar-refractivity contribution in [1.82, 2.24) is 19.1 Å². The van der Waals surface area contributed by atoms with Gasteiger partial charge in [-0.1, -0.05) is 23.7 Å². The van der Waals surface area contributed by atoms with E-state index in [1.54, 1.807) is 42.6 Å². The molecular formula is C19H22ClN5O. The second kappa shape index (κ2) is 7.51. The van der Waals surface area contributed by atoms with Crippen LogP contribution in [0.1, 0.15) is 14.6 Å². The van der Waals surface area contributed by atoms with Crippen molar-refractivity contribution in [1.29, 1.82) is 0 Å². The van der Waals surface area contributed by atoms with Gasteiger partial charge in [0.2, 0.25) is 0 Å². The molecule has 3 heterocycles. The Bertz CT molecular complexity index is 1180. The van der Waals surface area contributed by atoms with E-state index in [1.165, 1.54) is 15.4 Å². The highest BCUT2D eigenvalue weighted by molar-refractivity contribution is 6.30. The minimum absolute atomic E-state index is 0.224. The molecule has 7 heteroatoms. The van der Waals surface area contributed by atoms with Gasteiger partial charge in [0.1, 0.15) is 0 Å². The van der Waals surface area contributed by atoms with E-state index in [2.05, 4.69) is 5.10 Å². The average molecular weight is 378 g/mol. The number of anilines is 1. The molecule has 0 bridgehead atoms. The second-order valence-electron chi connectivity index (χ2n) is 5.90. The first-order chi connectivity index (χ1) is 14.9. The van der Waals surface area contributed by atoms with Crippen LogP contribution in [0.4, 0.5) is 5.69 Å². The molecule has 1 saturated heterocycles. The third-order valence-electron chi connectivity index (χ3n) is 4.06. The van der Waals surface area contributed by atoms with Gasteiger partial charge in [0.25, 0.3) is 0 Å². The number of fused-ring (bicyclic) bond motifs is 1. The zero-order valence-corrected chi connectivity index (χ0v) is 14.7. The van der Waals surface area contributed by atoms with Gasteiger partial charge in [0, 0.05) is 58.8 Å². The van der Waals surface area contributed by atoms with Crippen LogP contribution in [-0.4, -0.2) is 51.7 Å². The molecule has 0 spiro atoms. The maximum Gasteiger partial charge on any atom is 0.350 e. The van der Waals surface area contributed by atoms with Crippen molar-refractivity contribution in [2.24, 2.45) is 0 Å². The lowest BCUT2D eigenvalue weighted by molar-refractivity contribution is 0.248. The molecule has 6 nitrogen and oxygen atoms in total. The van der Waals surface area contributed by atoms with Crippen LogP contribution in [0.25, 0.3) is 5.65 Å². The lowest BCUT2D eigenvalue weighted by atomic mass is 10.2. The molecular weight excluding hydrogens is 350 g/mol. The number of pyridine rings is 1. The van der Waals surface area contributed by atoms with Crippen LogP contribution < -0.4 is 10.6 Å². The van der Waals surface area contributed by atoms with Crippen molar-refractivity contribution < 1.29 is 8.22 Å². The quantitative estimate of drug-likeness (QED) is 0.684. The van der Waals surface area contributed by atoms with Crippen LogP contribution >= 0.6 is 11.6 Å². The molecule has 0 atom stereocenters. The Balaban J connectivity index is 1.54. The maximum atomic E-state index is 12.5. The number of piperazine rings is 1. The van der Waals surface area contributed by atoms with E-state index >= 15 is 0 Å². The molecule has 0 radical (unpaired) electrons. The number of aromatic nitrogens is 3. The predicted molar refractivity (Wildman–Crippen MR) is 104 cm³/mol. The Kier molecular flexibility index (Phi) is 3.30. The molecule has 4 rings (SSSR count). The van der Waals surface area contributed by atoms with Gasteiger partial charge < -0.3 is 4.90 Å². The van der Waals surface area contributed by atoms with Crippen LogP contribution in [0.15, 0.2) is 53.5 Å². The summed E-state index contributed by atoms with van der Waals surface area (Å²) < 4.78 is 53.1. The van der Waals surface area contributed by atoms with Gasteiger partial charge in [-0.2, -0.15) is 0 Å². The van der Waals surface area contributed by atoms with Crippen LogP contribution in [0.2, 0.25) is 5.02 Å². The third kappa shape index (κ3) is 3.61. The molecule has 0 saturated carbocycles. The first kappa shape index (κ1) is 11.4. The van der Waals surface area contributed by atoms with E-state index in [0.29, 0.717) is 16.4 Å². The third-order valence-corrected chi connectivity index (χ3v) is 4.29. The van der Waals surface area contributed by atoms with Crippen molar-refractivity contribution in [2.45, 2.75) is 12.9 Å². The molecule has 0 unspecified atom stereocenters. The summed E-state index contributed by atoms with van der Waals surface area (Å²) in [5.41, 5.74) is 0.239. The molecule has 26 heavy (non-hydrogen) atoms. The number of aryl methyl sites for hydroxylation is 1. The summed E-state index contributed by atoms with van der Waals surface area (Å²) in [7, 11) is 0. The molecule has 136 valence electrons. The Morgan fingerprint density at radius 3 is 2.77 bits per heavy atom. The SMILES string of the molecule is [2H]C([2H])(CN1CC([2H])([2H])N(c2cccc(Cl)c2)C([2H])([2H])C1)Cn1nc2ccccn2c1=O. The second-order valence-corrected chi connectivity index (χ2v) is 6.33. The lowest BCUT2D eigenvalue weighted by Crippen LogP contribution is -2.46. The van der Waals surface area contributed by atoms with E-state index in [4.69, 9.17) is 19.8 Å². The zero-order chi connectivity index (χ0) is 23.3. The topological polar surface area (TPSA) is 45.8 Å². The van der Waals surface area contributed by atoms with Crippen LogP contribution in [0, 0.1) is 0 Å². The van der Waals surface area contributed by atoms with Gasteiger partial charge in [-0.25, -0.2) is 9.48 Å². The van der Waals surface area contributed by atoms with Gasteiger partial charge in [0.05, 0.1) is 5.48 Å². The van der Waals surface area contributed by atoms with Gasteiger partial charge >= 0.3 is 5.69 Å². The number of hydrogen-bond donors (Lipinski definition) is 0. The van der Waals surface area contributed by atoms with E-state index in [1.807, 2.05) is 0 Å². The zero-order valence-electron chi connectivity index (χ0n) is 20.0. The molecule has 0 aliphatic carbocycles. The highest BCUT2D eigenvalue weighted by Gasteiger charge is 2.17. The summed E-state index contributed by atoms with van der Waals surface area (Å²) in [6.45, 7) is -5.30. The molecule has 1 fully saturated rings. The molecule has 2 aromatic heterocycles. The average Bonchev–Trinajstić information content (AvgIpc) is 2.94. The van der Waals surface area contributed by atoms with E-state index in [0.717, 1.165) is 9.58 Å². The first-order valence-electron chi connectivity index (χ1n) is 11.2. The monoisotopic (exact) mass is 377 g/mol. The summed E-state index contributed by atoms with van der Waals surface area (Å²) in [5, 5.41) is 4.51. The highest BCUT2D eigenvalue weighted by Crippen LogP contribution is 2.20. The number of nitrogens with zero attached hydrogens (tertiary/aromatic N) is 5. The van der Waals surface area contributed by atoms with E-state index < -0.39 is 25.1 Å². The van der Waals surface area contributed by atoms with Crippen molar-refractivity contribution in [2.75, 3.05) is 37.5 Å². The fourth-order valence-corrected chi connectivity index (χ4v) is 2.93. The van der Waals surface area contributed by atoms with Crippen LogP contribution in [0.5, 0.6) is 0 Å². The van der Waals surface area contributed by atoms with E-state index in [-0.39, 0.29) is 26.2 Å². The minimum atomic E-state index is -2.12. The van der Waals surface area contributed by atoms with Crippen molar-refractivity contribution >= 4 is 22.9 Å². The highest BCUT2D eigenvalue weighted by atomic mass is 35.5. The number of hydrogen-bond acceptors (Lipinski definition) is 4. The molecule has 0 N–H and O–H groups in total. The van der Waals surface area contributed by atoms with Gasteiger partial charge in [0.15, 0.2) is 5.65 Å². The number of rotatable bonds is 5. The summed E-state index contributed by atoms with van der Waals surface area (Å²) in [5.74, 6) is 0. The Labute approximate surface area is 165 Å². The Morgan fingerprint density at radius 2 is 2.00 bits per heavy atom. The lowest BCUT2D eigenvalue weighted by Gasteiger charge is -2.36. The van der Waals surface area contributed by atoms with Gasteiger partial charge in [-0.3, -0.25) is 9.30 Å². The smallest absolute Gasteiger partial charge is 0.350 e. The first-order valence-corrected chi connectivity index (χ1v) is 8.58. The molecule has 3 aromatic rings. The Hall–Kier alpha value is -2.31. The summed E-state index contributed by atoms with van der Waals surface area (Å²) in [6, 6.07) is 11.4. The fourth-order valence-electron chi connectivity index (χ4n) is 2.75. The standard InChI is InChI=1S/C19H22ClN5O/c20-16-5-3-6-17(15-16)23-13-11-22(12-14-23)8-4-10-25-19(26)24-9-2-1-7-18(24)21-25/h1-3,5-7,9,15H,4,8,10-14H2/i4D2,13D2,14D2. The minimum Gasteiger partial charge on any atom is -0.369 e. The van der Waals surface area contributed by atoms with Crippen LogP contribution in [0.3, 0.4) is 0 Å². The molecule has 1 aromatic carbocycles. The fraction of sp³-hybridized carbons (Fsp3) is 0.368. The van der Waals surface area contributed by atoms with E-state index in [9.17, 15) is 4.79 Å². The molecule has 0 amide bonds. The predicted octanol–water partition coefficient (Wildman–Crippen LogP) is 2.36. The normalized spacial score (nSPS) is 23.5. The van der Waals surface area contributed by atoms with Gasteiger partial charge in [-0.15, -0.1) is 5.10 Å². The maximum absolute atomic E-state index is 12.5. The van der Waals surface area contributed by atoms with Crippen molar-refractivity contribution in [3.05, 3.63) is 64.2 Å². The van der Waals surface area contributed by atoms with Crippen LogP contribution in [-0.2, 0) is 6.54 Å². The summed E-state index contributed by atoms with van der Waals surface area (Å²) >= 11 is 6.02. The molecule has 1 aliphatic rings. The Morgan fingerprint density at radius 1 is 1.15 bits per heavy atom. The number of benzene rings is 1.